The zero-order valence-corrected chi connectivity index (χ0v) is 12.3. The maximum absolute atomic E-state index is 14.3. The number of rotatable bonds is 4. The van der Waals surface area contributed by atoms with Gasteiger partial charge in [-0.15, -0.1) is 0 Å². The summed E-state index contributed by atoms with van der Waals surface area (Å²) in [5.74, 6) is 0.321. The number of halogens is 1. The van der Waals surface area contributed by atoms with Crippen molar-refractivity contribution < 1.29 is 13.9 Å². The van der Waals surface area contributed by atoms with Gasteiger partial charge >= 0.3 is 0 Å². The average Bonchev–Trinajstić information content (AvgIpc) is 2.98. The molecule has 2 aliphatic rings. The number of benzene rings is 1. The lowest BCUT2D eigenvalue weighted by Gasteiger charge is -2.32. The number of hydrogen-bond donors (Lipinski definition) is 1. The molecule has 0 aliphatic carbocycles. The molecule has 5 heteroatoms. The summed E-state index contributed by atoms with van der Waals surface area (Å²) in [5.41, 5.74) is 6.58. The van der Waals surface area contributed by atoms with Gasteiger partial charge in [-0.1, -0.05) is 0 Å². The molecule has 2 N–H and O–H groups in total. The highest BCUT2D eigenvalue weighted by atomic mass is 19.1. The fourth-order valence-corrected chi connectivity index (χ4v) is 3.03. The van der Waals surface area contributed by atoms with Crippen molar-refractivity contribution >= 4 is 5.69 Å². The first-order valence-corrected chi connectivity index (χ1v) is 7.77. The van der Waals surface area contributed by atoms with E-state index in [1.165, 1.54) is 6.07 Å². The van der Waals surface area contributed by atoms with Crippen molar-refractivity contribution in [2.45, 2.75) is 37.8 Å². The van der Waals surface area contributed by atoms with Crippen molar-refractivity contribution in [1.29, 1.82) is 0 Å². The van der Waals surface area contributed by atoms with Gasteiger partial charge in [0.15, 0.2) is 0 Å². The van der Waals surface area contributed by atoms with Crippen molar-refractivity contribution in [3.05, 3.63) is 24.0 Å². The minimum Gasteiger partial charge on any atom is -0.491 e. The molecule has 2 saturated heterocycles. The molecule has 0 spiro atoms. The molecule has 2 heterocycles. The van der Waals surface area contributed by atoms with E-state index in [1.807, 2.05) is 11.0 Å². The SMILES string of the molecule is NC1CCCN(c2ccc(OCC3CCCO3)cc2F)C1. The van der Waals surface area contributed by atoms with Gasteiger partial charge in [0.1, 0.15) is 18.2 Å². The van der Waals surface area contributed by atoms with E-state index in [0.717, 1.165) is 38.8 Å². The van der Waals surface area contributed by atoms with Crippen molar-refractivity contribution in [2.24, 2.45) is 5.73 Å². The summed E-state index contributed by atoms with van der Waals surface area (Å²) in [6, 6.07) is 5.21. The molecule has 2 atom stereocenters. The van der Waals surface area contributed by atoms with E-state index in [-0.39, 0.29) is 18.0 Å². The van der Waals surface area contributed by atoms with Crippen LogP contribution in [0.1, 0.15) is 25.7 Å². The zero-order chi connectivity index (χ0) is 14.7. The number of hydrogen-bond acceptors (Lipinski definition) is 4. The van der Waals surface area contributed by atoms with Crippen LogP contribution in [0.5, 0.6) is 5.75 Å². The molecule has 3 rings (SSSR count). The van der Waals surface area contributed by atoms with Gasteiger partial charge in [-0.25, -0.2) is 4.39 Å². The van der Waals surface area contributed by atoms with E-state index >= 15 is 0 Å². The topological polar surface area (TPSA) is 47.7 Å². The largest absolute Gasteiger partial charge is 0.491 e. The highest BCUT2D eigenvalue weighted by Gasteiger charge is 2.20. The van der Waals surface area contributed by atoms with Crippen molar-refractivity contribution in [3.8, 4) is 5.75 Å². The summed E-state index contributed by atoms with van der Waals surface area (Å²) in [6.45, 7) is 2.87. The monoisotopic (exact) mass is 294 g/mol. The fraction of sp³-hybridized carbons (Fsp3) is 0.625. The first kappa shape index (κ1) is 14.6. The van der Waals surface area contributed by atoms with Gasteiger partial charge < -0.3 is 20.1 Å². The molecular weight excluding hydrogens is 271 g/mol. The second-order valence-electron chi connectivity index (χ2n) is 5.91. The highest BCUT2D eigenvalue weighted by molar-refractivity contribution is 5.51. The Morgan fingerprint density at radius 3 is 2.95 bits per heavy atom. The number of ether oxygens (including phenoxy) is 2. The molecule has 1 aromatic carbocycles. The van der Waals surface area contributed by atoms with Crippen LogP contribution >= 0.6 is 0 Å². The van der Waals surface area contributed by atoms with E-state index in [1.54, 1.807) is 6.07 Å². The summed E-state index contributed by atoms with van der Waals surface area (Å²) in [5, 5.41) is 0. The Morgan fingerprint density at radius 2 is 2.24 bits per heavy atom. The molecule has 2 fully saturated rings. The lowest BCUT2D eigenvalue weighted by atomic mass is 10.1. The molecule has 0 radical (unpaired) electrons. The Balaban J connectivity index is 1.61. The van der Waals surface area contributed by atoms with Crippen LogP contribution < -0.4 is 15.4 Å². The Kier molecular flexibility index (Phi) is 4.60. The maximum atomic E-state index is 14.3. The molecule has 2 unspecified atom stereocenters. The third kappa shape index (κ3) is 3.66. The predicted octanol–water partition coefficient (Wildman–Crippen LogP) is 2.31. The van der Waals surface area contributed by atoms with Gasteiger partial charge in [0, 0.05) is 31.8 Å². The molecule has 0 bridgehead atoms. The molecule has 2 aliphatic heterocycles. The standard InChI is InChI=1S/C16H23FN2O2/c17-15-9-13(21-11-14-4-2-8-20-14)5-6-16(15)19-7-1-3-12(18)10-19/h5-6,9,12,14H,1-4,7-8,10-11,18H2. The van der Waals surface area contributed by atoms with E-state index < -0.39 is 0 Å². The van der Waals surface area contributed by atoms with Crippen LogP contribution in [0.2, 0.25) is 0 Å². The van der Waals surface area contributed by atoms with Crippen LogP contribution in [0.25, 0.3) is 0 Å². The molecule has 4 nitrogen and oxygen atoms in total. The molecule has 21 heavy (non-hydrogen) atoms. The summed E-state index contributed by atoms with van der Waals surface area (Å²) in [7, 11) is 0. The van der Waals surface area contributed by atoms with Gasteiger partial charge in [0.05, 0.1) is 11.8 Å². The Morgan fingerprint density at radius 1 is 1.33 bits per heavy atom. The van der Waals surface area contributed by atoms with Crippen LogP contribution in [-0.4, -0.2) is 38.4 Å². The second kappa shape index (κ2) is 6.62. The minimum atomic E-state index is -0.242. The maximum Gasteiger partial charge on any atom is 0.150 e. The second-order valence-corrected chi connectivity index (χ2v) is 5.91. The van der Waals surface area contributed by atoms with E-state index in [0.29, 0.717) is 24.6 Å². The van der Waals surface area contributed by atoms with Crippen molar-refractivity contribution in [2.75, 3.05) is 31.2 Å². The quantitative estimate of drug-likeness (QED) is 0.926. The third-order valence-corrected chi connectivity index (χ3v) is 4.18. The van der Waals surface area contributed by atoms with Crippen molar-refractivity contribution in [3.63, 3.8) is 0 Å². The minimum absolute atomic E-state index is 0.133. The van der Waals surface area contributed by atoms with Crippen LogP contribution in [0.4, 0.5) is 10.1 Å². The first-order valence-electron chi connectivity index (χ1n) is 7.77. The van der Waals surface area contributed by atoms with Gasteiger partial charge in [0.25, 0.3) is 0 Å². The lowest BCUT2D eigenvalue weighted by molar-refractivity contribution is 0.0678. The van der Waals surface area contributed by atoms with Crippen LogP contribution in [0.3, 0.4) is 0 Å². The molecule has 0 aromatic heterocycles. The van der Waals surface area contributed by atoms with Crippen LogP contribution in [0, 0.1) is 5.82 Å². The highest BCUT2D eigenvalue weighted by Crippen LogP contribution is 2.27. The van der Waals surface area contributed by atoms with Crippen LogP contribution in [-0.2, 0) is 4.74 Å². The van der Waals surface area contributed by atoms with Gasteiger partial charge in [0.2, 0.25) is 0 Å². The Bertz CT molecular complexity index is 477. The van der Waals surface area contributed by atoms with E-state index in [2.05, 4.69) is 0 Å². The fourth-order valence-electron chi connectivity index (χ4n) is 3.03. The zero-order valence-electron chi connectivity index (χ0n) is 12.3. The Hall–Kier alpha value is -1.33. The predicted molar refractivity (Wildman–Crippen MR) is 80.3 cm³/mol. The first-order chi connectivity index (χ1) is 10.2. The molecular formula is C16H23FN2O2. The summed E-state index contributed by atoms with van der Waals surface area (Å²) in [4.78, 5) is 2.02. The summed E-state index contributed by atoms with van der Waals surface area (Å²) < 4.78 is 25.4. The number of nitrogens with two attached hydrogens (primary N) is 1. The molecule has 0 saturated carbocycles. The number of piperidine rings is 1. The molecule has 1 aromatic rings. The van der Waals surface area contributed by atoms with Gasteiger partial charge in [-0.05, 0) is 37.8 Å². The number of nitrogens with zero attached hydrogens (tertiary/aromatic N) is 1. The smallest absolute Gasteiger partial charge is 0.150 e. The lowest BCUT2D eigenvalue weighted by Crippen LogP contribution is -2.43. The Labute approximate surface area is 125 Å². The molecule has 116 valence electrons. The summed E-state index contributed by atoms with van der Waals surface area (Å²) in [6.07, 6.45) is 4.27. The van der Waals surface area contributed by atoms with Crippen molar-refractivity contribution in [1.82, 2.24) is 0 Å². The van der Waals surface area contributed by atoms with E-state index in [9.17, 15) is 4.39 Å². The van der Waals surface area contributed by atoms with E-state index in [4.69, 9.17) is 15.2 Å². The van der Waals surface area contributed by atoms with Gasteiger partial charge in [-0.3, -0.25) is 0 Å². The molecule has 0 amide bonds. The third-order valence-electron chi connectivity index (χ3n) is 4.18. The van der Waals surface area contributed by atoms with Gasteiger partial charge in [-0.2, -0.15) is 0 Å². The normalized spacial score (nSPS) is 26.1. The number of anilines is 1. The summed E-state index contributed by atoms with van der Waals surface area (Å²) >= 11 is 0. The van der Waals surface area contributed by atoms with Crippen LogP contribution in [0.15, 0.2) is 18.2 Å². The average molecular weight is 294 g/mol.